The number of rotatable bonds is 8. The quantitative estimate of drug-likeness (QED) is 0.351. The Hall–Kier alpha value is -3.59. The van der Waals surface area contributed by atoms with Crippen molar-refractivity contribution < 1.29 is 19.0 Å². The number of amides is 1. The van der Waals surface area contributed by atoms with Crippen LogP contribution in [0, 0.1) is 6.92 Å². The Morgan fingerprint density at radius 1 is 1.14 bits per heavy atom. The molecule has 1 aliphatic rings. The first-order valence-corrected chi connectivity index (χ1v) is 12.6. The van der Waals surface area contributed by atoms with E-state index in [1.807, 2.05) is 50.2 Å². The van der Waals surface area contributed by atoms with Gasteiger partial charge in [-0.2, -0.15) is 9.78 Å². The Labute approximate surface area is 207 Å². The van der Waals surface area contributed by atoms with E-state index in [0.717, 1.165) is 45.0 Å². The highest BCUT2D eigenvalue weighted by Crippen LogP contribution is 2.43. The van der Waals surface area contributed by atoms with Crippen molar-refractivity contribution in [2.24, 2.45) is 0 Å². The maximum atomic E-state index is 12.8. The van der Waals surface area contributed by atoms with Crippen LogP contribution in [0.2, 0.25) is 0 Å². The molecule has 3 heterocycles. The van der Waals surface area contributed by atoms with Gasteiger partial charge in [0.25, 0.3) is 0 Å². The molecule has 9 heteroatoms. The maximum absolute atomic E-state index is 12.8. The average molecular weight is 493 g/mol. The zero-order valence-electron chi connectivity index (χ0n) is 20.3. The number of aryl methyl sites for hydroxylation is 1. The van der Waals surface area contributed by atoms with E-state index in [2.05, 4.69) is 12.2 Å². The predicted octanol–water partition coefficient (Wildman–Crippen LogP) is 5.46. The van der Waals surface area contributed by atoms with Crippen molar-refractivity contribution in [2.45, 2.75) is 39.5 Å². The third-order valence-electron chi connectivity index (χ3n) is 6.00. The van der Waals surface area contributed by atoms with Crippen LogP contribution in [0.25, 0.3) is 15.3 Å². The summed E-state index contributed by atoms with van der Waals surface area (Å²) in [5.74, 6) is 2.64. The SMILES string of the molecule is CCCOc1ccc(C2CC(=O)Nc3c2c(C)nn3-c2nc3ccc(OC)cc3s2)cc1OCC. The number of benzene rings is 2. The third-order valence-corrected chi connectivity index (χ3v) is 6.99. The van der Waals surface area contributed by atoms with E-state index < -0.39 is 0 Å². The molecule has 0 fully saturated rings. The van der Waals surface area contributed by atoms with E-state index in [0.29, 0.717) is 36.3 Å². The van der Waals surface area contributed by atoms with Gasteiger partial charge in [0.1, 0.15) is 11.6 Å². The monoisotopic (exact) mass is 492 g/mol. The molecule has 5 rings (SSSR count). The highest BCUT2D eigenvalue weighted by atomic mass is 32.1. The normalized spacial score (nSPS) is 15.1. The van der Waals surface area contributed by atoms with E-state index in [1.54, 1.807) is 11.8 Å². The lowest BCUT2D eigenvalue weighted by atomic mass is 9.85. The van der Waals surface area contributed by atoms with Gasteiger partial charge in [0, 0.05) is 17.9 Å². The summed E-state index contributed by atoms with van der Waals surface area (Å²) >= 11 is 1.50. The van der Waals surface area contributed by atoms with Crippen molar-refractivity contribution in [3.63, 3.8) is 0 Å². The molecule has 0 spiro atoms. The van der Waals surface area contributed by atoms with Gasteiger partial charge in [-0.05, 0) is 56.2 Å². The van der Waals surface area contributed by atoms with Gasteiger partial charge >= 0.3 is 0 Å². The van der Waals surface area contributed by atoms with Crippen LogP contribution in [0.5, 0.6) is 17.2 Å². The van der Waals surface area contributed by atoms with Crippen molar-refractivity contribution in [2.75, 3.05) is 25.6 Å². The second-order valence-corrected chi connectivity index (χ2v) is 9.39. The molecule has 1 aliphatic heterocycles. The largest absolute Gasteiger partial charge is 0.497 e. The molecule has 8 nitrogen and oxygen atoms in total. The molecule has 1 N–H and O–H groups in total. The Morgan fingerprint density at radius 3 is 2.77 bits per heavy atom. The van der Waals surface area contributed by atoms with Crippen LogP contribution in [0.3, 0.4) is 0 Å². The first-order valence-electron chi connectivity index (χ1n) is 11.8. The fourth-order valence-electron chi connectivity index (χ4n) is 4.42. The molecular formula is C26H28N4O4S. The molecule has 2 aromatic carbocycles. The maximum Gasteiger partial charge on any atom is 0.226 e. The van der Waals surface area contributed by atoms with Gasteiger partial charge in [-0.3, -0.25) is 4.79 Å². The van der Waals surface area contributed by atoms with Crippen molar-refractivity contribution in [1.29, 1.82) is 0 Å². The number of nitrogens with one attached hydrogen (secondary N) is 1. The van der Waals surface area contributed by atoms with Crippen LogP contribution in [0.1, 0.15) is 49.4 Å². The zero-order chi connectivity index (χ0) is 24.5. The summed E-state index contributed by atoms with van der Waals surface area (Å²) in [4.78, 5) is 17.6. The number of hydrogen-bond donors (Lipinski definition) is 1. The standard InChI is InChI=1S/C26H28N4O4S/c1-5-11-34-20-10-7-16(12-21(20)33-6-2)18-14-23(31)28-25-24(18)15(3)29-30(25)26-27-19-9-8-17(32-4)13-22(19)35-26/h7-10,12-13,18H,5-6,11,14H2,1-4H3,(H,28,31). The molecule has 0 aliphatic carbocycles. The van der Waals surface area contributed by atoms with Crippen LogP contribution < -0.4 is 19.5 Å². The minimum absolute atomic E-state index is 0.0595. The number of thiazole rings is 1. The fourth-order valence-corrected chi connectivity index (χ4v) is 5.37. The number of nitrogens with zero attached hydrogens (tertiary/aromatic N) is 3. The lowest BCUT2D eigenvalue weighted by Gasteiger charge is -2.25. The van der Waals surface area contributed by atoms with Crippen LogP contribution in [-0.4, -0.2) is 41.0 Å². The number of aromatic nitrogens is 3. The third kappa shape index (κ3) is 4.32. The fraction of sp³-hybridized carbons (Fsp3) is 0.346. The minimum Gasteiger partial charge on any atom is -0.497 e. The smallest absolute Gasteiger partial charge is 0.226 e. The lowest BCUT2D eigenvalue weighted by molar-refractivity contribution is -0.116. The molecule has 2 aromatic heterocycles. The van der Waals surface area contributed by atoms with Gasteiger partial charge in [-0.15, -0.1) is 0 Å². The van der Waals surface area contributed by atoms with Crippen molar-refractivity contribution in [1.82, 2.24) is 14.8 Å². The topological polar surface area (TPSA) is 87.5 Å². The van der Waals surface area contributed by atoms with Crippen molar-refractivity contribution in [3.8, 4) is 22.4 Å². The highest BCUT2D eigenvalue weighted by Gasteiger charge is 2.33. The number of fused-ring (bicyclic) bond motifs is 2. The summed E-state index contributed by atoms with van der Waals surface area (Å²) in [6.07, 6.45) is 1.24. The molecule has 35 heavy (non-hydrogen) atoms. The summed E-state index contributed by atoms with van der Waals surface area (Å²) in [5, 5.41) is 8.52. The molecule has 0 saturated heterocycles. The number of anilines is 1. The van der Waals surface area contributed by atoms with Gasteiger partial charge in [0.05, 0.1) is 36.2 Å². The second-order valence-electron chi connectivity index (χ2n) is 8.38. The van der Waals surface area contributed by atoms with Crippen LogP contribution in [-0.2, 0) is 4.79 Å². The van der Waals surface area contributed by atoms with Gasteiger partial charge < -0.3 is 19.5 Å². The Balaban J connectivity index is 1.57. The molecule has 0 saturated carbocycles. The van der Waals surface area contributed by atoms with E-state index in [4.69, 9.17) is 24.3 Å². The van der Waals surface area contributed by atoms with E-state index >= 15 is 0 Å². The van der Waals surface area contributed by atoms with Gasteiger partial charge in [-0.1, -0.05) is 24.3 Å². The van der Waals surface area contributed by atoms with Crippen LogP contribution in [0.4, 0.5) is 5.82 Å². The number of carbonyl (C=O) groups excluding carboxylic acids is 1. The zero-order valence-corrected chi connectivity index (χ0v) is 21.1. The second kappa shape index (κ2) is 9.58. The molecule has 0 bridgehead atoms. The summed E-state index contributed by atoms with van der Waals surface area (Å²) in [7, 11) is 1.64. The molecule has 1 unspecified atom stereocenters. The minimum atomic E-state index is -0.151. The Morgan fingerprint density at radius 2 is 2.00 bits per heavy atom. The van der Waals surface area contributed by atoms with Crippen LogP contribution >= 0.6 is 11.3 Å². The predicted molar refractivity (Wildman–Crippen MR) is 137 cm³/mol. The summed E-state index contributed by atoms with van der Waals surface area (Å²) in [5.41, 5.74) is 3.69. The number of methoxy groups -OCH3 is 1. The molecule has 1 atom stereocenters. The van der Waals surface area contributed by atoms with E-state index in [-0.39, 0.29) is 11.8 Å². The average Bonchev–Trinajstić information content (AvgIpc) is 3.43. The highest BCUT2D eigenvalue weighted by molar-refractivity contribution is 7.20. The number of carbonyl (C=O) groups is 1. The first kappa shape index (κ1) is 23.2. The van der Waals surface area contributed by atoms with Gasteiger partial charge in [0.15, 0.2) is 11.5 Å². The van der Waals surface area contributed by atoms with Gasteiger partial charge in [-0.25, -0.2) is 4.98 Å². The number of ether oxygens (including phenoxy) is 3. The van der Waals surface area contributed by atoms with Crippen LogP contribution in [0.15, 0.2) is 36.4 Å². The van der Waals surface area contributed by atoms with E-state index in [1.165, 1.54) is 11.3 Å². The summed E-state index contributed by atoms with van der Waals surface area (Å²) in [6, 6.07) is 11.7. The lowest BCUT2D eigenvalue weighted by Crippen LogP contribution is -2.25. The number of hydrogen-bond acceptors (Lipinski definition) is 7. The summed E-state index contributed by atoms with van der Waals surface area (Å²) < 4.78 is 19.8. The Bertz CT molecular complexity index is 1390. The molecule has 1 amide bonds. The first-order chi connectivity index (χ1) is 17.0. The van der Waals surface area contributed by atoms with E-state index in [9.17, 15) is 4.79 Å². The van der Waals surface area contributed by atoms with Gasteiger partial charge in [0.2, 0.25) is 11.0 Å². The van der Waals surface area contributed by atoms with Crippen molar-refractivity contribution in [3.05, 3.63) is 53.2 Å². The summed E-state index contributed by atoms with van der Waals surface area (Å²) in [6.45, 7) is 7.14. The molecule has 182 valence electrons. The molecular weight excluding hydrogens is 464 g/mol. The molecule has 4 aromatic rings. The van der Waals surface area contributed by atoms with Crippen molar-refractivity contribution >= 4 is 33.3 Å². The molecule has 0 radical (unpaired) electrons. The Kier molecular flexibility index (Phi) is 6.34.